The molecule has 0 unspecified atom stereocenters. The highest BCUT2D eigenvalue weighted by molar-refractivity contribution is 7.98. The Morgan fingerprint density at radius 3 is 2.62 bits per heavy atom. The van der Waals surface area contributed by atoms with E-state index in [1.807, 2.05) is 36.4 Å². The molecule has 0 spiro atoms. The number of unbranched alkanes of at least 4 members (excludes halogenated alkanes) is 2. The van der Waals surface area contributed by atoms with Crippen LogP contribution in [0.4, 0.5) is 0 Å². The minimum absolute atomic E-state index is 0.0782. The van der Waals surface area contributed by atoms with Gasteiger partial charge in [-0.25, -0.2) is 0 Å². The van der Waals surface area contributed by atoms with Gasteiger partial charge in [-0.3, -0.25) is 4.79 Å². The molecule has 0 saturated heterocycles. The Labute approximate surface area is 133 Å². The van der Waals surface area contributed by atoms with Crippen LogP contribution < -0.4 is 5.32 Å². The van der Waals surface area contributed by atoms with Gasteiger partial charge in [0.15, 0.2) is 0 Å². The first kappa shape index (κ1) is 18.1. The summed E-state index contributed by atoms with van der Waals surface area (Å²) < 4.78 is 0. The molecule has 0 aliphatic carbocycles. The zero-order valence-corrected chi connectivity index (χ0v) is 14.3. The Hall–Kier alpha value is -1.00. The minimum Gasteiger partial charge on any atom is -0.340 e. The van der Waals surface area contributed by atoms with Crippen molar-refractivity contribution in [1.29, 1.82) is 0 Å². The molecule has 1 aromatic rings. The van der Waals surface area contributed by atoms with Crippen LogP contribution in [0.25, 0.3) is 0 Å². The number of nitrogens with one attached hydrogen (secondary N) is 1. The Morgan fingerprint density at radius 2 is 2.00 bits per heavy atom. The Balaban J connectivity index is 2.49. The summed E-state index contributed by atoms with van der Waals surface area (Å²) in [4.78, 5) is 14.4. The largest absolute Gasteiger partial charge is 0.340 e. The predicted molar refractivity (Wildman–Crippen MR) is 92.6 cm³/mol. The Bertz CT molecular complexity index is 397. The van der Waals surface area contributed by atoms with E-state index >= 15 is 0 Å². The molecule has 0 radical (unpaired) electrons. The van der Waals surface area contributed by atoms with Gasteiger partial charge in [-0.1, -0.05) is 50.1 Å². The van der Waals surface area contributed by atoms with Gasteiger partial charge in [0.25, 0.3) is 0 Å². The van der Waals surface area contributed by atoms with E-state index in [-0.39, 0.29) is 11.9 Å². The number of carbonyl (C=O) groups excluding carboxylic acids is 1. The van der Waals surface area contributed by atoms with E-state index in [4.69, 9.17) is 0 Å². The molecule has 1 N–H and O–H groups in total. The van der Waals surface area contributed by atoms with Crippen molar-refractivity contribution >= 4 is 17.7 Å². The van der Waals surface area contributed by atoms with Gasteiger partial charge in [0.05, 0.1) is 6.04 Å². The molecule has 1 atom stereocenters. The number of rotatable bonds is 10. The maximum Gasteiger partial charge on any atom is 0.240 e. The van der Waals surface area contributed by atoms with Gasteiger partial charge < -0.3 is 10.2 Å². The van der Waals surface area contributed by atoms with Gasteiger partial charge in [0.2, 0.25) is 5.91 Å². The average molecular weight is 308 g/mol. The monoisotopic (exact) mass is 308 g/mol. The maximum absolute atomic E-state index is 12.6. The number of hydrogen-bond acceptors (Lipinski definition) is 3. The SMILES string of the molecule is CCCCCN[C@H](CSC)C(=O)N(C)Cc1ccccc1. The molecule has 4 heteroatoms. The van der Waals surface area contributed by atoms with Crippen molar-refractivity contribution in [3.63, 3.8) is 0 Å². The third-order valence-corrected chi connectivity index (χ3v) is 4.11. The lowest BCUT2D eigenvalue weighted by molar-refractivity contribution is -0.132. The van der Waals surface area contributed by atoms with Crippen LogP contribution in [0.2, 0.25) is 0 Å². The summed E-state index contributed by atoms with van der Waals surface area (Å²) in [6.07, 6.45) is 5.60. The summed E-state index contributed by atoms with van der Waals surface area (Å²) in [5.74, 6) is 1.01. The number of nitrogens with zero attached hydrogens (tertiary/aromatic N) is 1. The van der Waals surface area contributed by atoms with Crippen molar-refractivity contribution in [1.82, 2.24) is 10.2 Å². The zero-order chi connectivity index (χ0) is 15.5. The van der Waals surface area contributed by atoms with E-state index in [1.54, 1.807) is 11.8 Å². The Morgan fingerprint density at radius 1 is 1.29 bits per heavy atom. The van der Waals surface area contributed by atoms with Gasteiger partial charge in [-0.2, -0.15) is 11.8 Å². The molecule has 0 aliphatic rings. The van der Waals surface area contributed by atoms with Gasteiger partial charge in [0, 0.05) is 19.3 Å². The highest BCUT2D eigenvalue weighted by Crippen LogP contribution is 2.07. The summed E-state index contributed by atoms with van der Waals surface area (Å²) >= 11 is 1.72. The summed E-state index contributed by atoms with van der Waals surface area (Å²) in [5, 5.41) is 3.41. The summed E-state index contributed by atoms with van der Waals surface area (Å²) in [5.41, 5.74) is 1.17. The van der Waals surface area contributed by atoms with Gasteiger partial charge in [-0.15, -0.1) is 0 Å². The molecule has 1 amide bonds. The van der Waals surface area contributed by atoms with Gasteiger partial charge in [0.1, 0.15) is 0 Å². The molecule has 0 fully saturated rings. The van der Waals surface area contributed by atoms with Crippen LogP contribution >= 0.6 is 11.8 Å². The second-order valence-corrected chi connectivity index (χ2v) is 6.26. The van der Waals surface area contributed by atoms with Crippen molar-refractivity contribution in [2.75, 3.05) is 25.6 Å². The molecular weight excluding hydrogens is 280 g/mol. The quantitative estimate of drug-likeness (QED) is 0.674. The first-order valence-corrected chi connectivity index (χ1v) is 9.09. The van der Waals surface area contributed by atoms with E-state index in [0.29, 0.717) is 6.54 Å². The molecule has 1 rings (SSSR count). The third kappa shape index (κ3) is 7.00. The summed E-state index contributed by atoms with van der Waals surface area (Å²) in [6.45, 7) is 3.78. The van der Waals surface area contributed by atoms with Crippen LogP contribution in [0.1, 0.15) is 31.7 Å². The molecule has 0 aliphatic heterocycles. The van der Waals surface area contributed by atoms with Crippen LogP contribution in [0.5, 0.6) is 0 Å². The Kier molecular flexibility index (Phi) is 9.19. The molecule has 0 saturated carbocycles. The van der Waals surface area contributed by atoms with Crippen LogP contribution in [0.3, 0.4) is 0 Å². The van der Waals surface area contributed by atoms with Crippen molar-refractivity contribution in [2.45, 2.75) is 38.8 Å². The van der Waals surface area contributed by atoms with Crippen LogP contribution in [-0.2, 0) is 11.3 Å². The number of thioether (sulfide) groups is 1. The standard InChI is InChI=1S/C17H28N2OS/c1-4-5-9-12-18-16(14-21-3)17(20)19(2)13-15-10-7-6-8-11-15/h6-8,10-11,16,18H,4-5,9,12-14H2,1-3H3/t16-/m1/s1. The molecule has 118 valence electrons. The fraction of sp³-hybridized carbons (Fsp3) is 0.588. The number of hydrogen-bond donors (Lipinski definition) is 1. The second kappa shape index (κ2) is 10.7. The van der Waals surface area contributed by atoms with Gasteiger partial charge in [-0.05, 0) is 24.8 Å². The minimum atomic E-state index is -0.0782. The molecule has 3 nitrogen and oxygen atoms in total. The third-order valence-electron chi connectivity index (χ3n) is 3.44. The maximum atomic E-state index is 12.6. The van der Waals surface area contributed by atoms with Gasteiger partial charge >= 0.3 is 0 Å². The molecule has 0 heterocycles. The zero-order valence-electron chi connectivity index (χ0n) is 13.5. The highest BCUT2D eigenvalue weighted by Gasteiger charge is 2.20. The fourth-order valence-electron chi connectivity index (χ4n) is 2.24. The number of carbonyl (C=O) groups is 1. The number of benzene rings is 1. The molecule has 0 aromatic heterocycles. The van der Waals surface area contributed by atoms with E-state index < -0.39 is 0 Å². The topological polar surface area (TPSA) is 32.3 Å². The predicted octanol–water partition coefficient (Wildman–Crippen LogP) is 3.16. The van der Waals surface area contributed by atoms with Crippen LogP contribution in [-0.4, -0.2) is 42.4 Å². The lowest BCUT2D eigenvalue weighted by atomic mass is 10.2. The van der Waals surface area contributed by atoms with Crippen LogP contribution in [0.15, 0.2) is 30.3 Å². The molecule has 1 aromatic carbocycles. The van der Waals surface area contributed by atoms with E-state index in [9.17, 15) is 4.79 Å². The first-order valence-electron chi connectivity index (χ1n) is 7.70. The normalized spacial score (nSPS) is 12.1. The number of likely N-dealkylation sites (N-methyl/N-ethyl adjacent to an activating group) is 1. The molecular formula is C17H28N2OS. The lowest BCUT2D eigenvalue weighted by Crippen LogP contribution is -2.46. The lowest BCUT2D eigenvalue weighted by Gasteiger charge is -2.24. The van der Waals surface area contributed by atoms with E-state index in [2.05, 4.69) is 24.4 Å². The average Bonchev–Trinajstić information content (AvgIpc) is 2.50. The van der Waals surface area contributed by atoms with Crippen molar-refractivity contribution < 1.29 is 4.79 Å². The summed E-state index contributed by atoms with van der Waals surface area (Å²) in [7, 11) is 1.89. The molecule has 0 bridgehead atoms. The van der Waals surface area contributed by atoms with Crippen molar-refractivity contribution in [2.24, 2.45) is 0 Å². The second-order valence-electron chi connectivity index (χ2n) is 5.35. The first-order chi connectivity index (χ1) is 10.2. The van der Waals surface area contributed by atoms with Crippen LogP contribution in [0, 0.1) is 0 Å². The smallest absolute Gasteiger partial charge is 0.240 e. The van der Waals surface area contributed by atoms with Crippen molar-refractivity contribution in [3.8, 4) is 0 Å². The fourth-order valence-corrected chi connectivity index (χ4v) is 2.83. The van der Waals surface area contributed by atoms with E-state index in [1.165, 1.54) is 18.4 Å². The number of amides is 1. The summed E-state index contributed by atoms with van der Waals surface area (Å²) in [6, 6.07) is 10.1. The van der Waals surface area contributed by atoms with E-state index in [0.717, 1.165) is 18.7 Å². The molecule has 21 heavy (non-hydrogen) atoms. The highest BCUT2D eigenvalue weighted by atomic mass is 32.2. The van der Waals surface area contributed by atoms with Crippen molar-refractivity contribution in [3.05, 3.63) is 35.9 Å².